The van der Waals surface area contributed by atoms with Gasteiger partial charge >= 0.3 is 0 Å². The molecule has 0 spiro atoms. The van der Waals surface area contributed by atoms with Crippen LogP contribution in [0.15, 0.2) is 28.2 Å². The van der Waals surface area contributed by atoms with Gasteiger partial charge in [0.15, 0.2) is 0 Å². The van der Waals surface area contributed by atoms with E-state index in [1.54, 1.807) is 6.92 Å². The number of carbonyl (C=O) groups excluding carboxylic acids is 1. The van der Waals surface area contributed by atoms with Crippen molar-refractivity contribution in [2.45, 2.75) is 18.2 Å². The maximum atomic E-state index is 12.3. The van der Waals surface area contributed by atoms with Gasteiger partial charge in [-0.25, -0.2) is 8.42 Å². The highest BCUT2D eigenvalue weighted by Gasteiger charge is 2.27. The van der Waals surface area contributed by atoms with E-state index in [0.29, 0.717) is 6.42 Å². The predicted molar refractivity (Wildman–Crippen MR) is 70.2 cm³/mol. The molecule has 1 rings (SSSR count). The van der Waals surface area contributed by atoms with Gasteiger partial charge < -0.3 is 10.3 Å². The van der Waals surface area contributed by atoms with E-state index in [-0.39, 0.29) is 18.0 Å². The van der Waals surface area contributed by atoms with E-state index in [9.17, 15) is 18.0 Å². The van der Waals surface area contributed by atoms with Crippen LogP contribution in [0, 0.1) is 0 Å². The number of hydrogen-bond donors (Lipinski definition) is 2. The fourth-order valence-corrected chi connectivity index (χ4v) is 3.04. The van der Waals surface area contributed by atoms with Gasteiger partial charge in [-0.2, -0.15) is 4.31 Å². The number of carbonyl (C=O) groups is 1. The van der Waals surface area contributed by atoms with Crippen LogP contribution in [0.3, 0.4) is 0 Å². The summed E-state index contributed by atoms with van der Waals surface area (Å²) < 4.78 is 25.6. The lowest BCUT2D eigenvalue weighted by molar-refractivity contribution is -0.120. The first-order valence-corrected chi connectivity index (χ1v) is 7.25. The molecule has 0 fully saturated rings. The van der Waals surface area contributed by atoms with E-state index in [4.69, 9.17) is 0 Å². The van der Waals surface area contributed by atoms with E-state index >= 15 is 0 Å². The molecule has 2 N–H and O–H groups in total. The normalized spacial score (nSPS) is 11.5. The third kappa shape index (κ3) is 3.65. The number of pyridine rings is 1. The minimum Gasteiger partial charge on any atom is -0.366 e. The molecule has 0 bridgehead atoms. The van der Waals surface area contributed by atoms with Gasteiger partial charge in [-0.3, -0.25) is 9.59 Å². The molecule has 8 heteroatoms. The van der Waals surface area contributed by atoms with Gasteiger partial charge in [0.2, 0.25) is 21.4 Å². The topological polar surface area (TPSA) is 99.3 Å². The first kappa shape index (κ1) is 15.4. The number of likely N-dealkylation sites (N-methyl/N-ethyl adjacent to an activating group) is 1. The molecule has 0 aliphatic carbocycles. The minimum atomic E-state index is -3.97. The smallest absolute Gasteiger partial charge is 0.248 e. The average molecular weight is 287 g/mol. The van der Waals surface area contributed by atoms with Gasteiger partial charge in [-0.15, -0.1) is 0 Å². The van der Waals surface area contributed by atoms with Crippen LogP contribution in [0.4, 0.5) is 0 Å². The summed E-state index contributed by atoms with van der Waals surface area (Å²) >= 11 is 0. The Morgan fingerprint density at radius 1 is 1.47 bits per heavy atom. The Morgan fingerprint density at radius 2 is 2.16 bits per heavy atom. The zero-order chi connectivity index (χ0) is 14.5. The number of nitrogens with one attached hydrogen (secondary N) is 2. The number of H-pyrrole nitrogens is 1. The number of sulfonamides is 1. The Balaban J connectivity index is 3.17. The number of aromatic nitrogens is 1. The Morgan fingerprint density at radius 3 is 2.68 bits per heavy atom. The van der Waals surface area contributed by atoms with Crippen LogP contribution in [-0.2, 0) is 14.8 Å². The molecule has 0 unspecified atom stereocenters. The maximum Gasteiger partial charge on any atom is 0.248 e. The fourth-order valence-electron chi connectivity index (χ4n) is 1.51. The highest BCUT2D eigenvalue weighted by atomic mass is 32.2. The van der Waals surface area contributed by atoms with Crippen molar-refractivity contribution >= 4 is 15.9 Å². The maximum absolute atomic E-state index is 12.3. The Kier molecular flexibility index (Phi) is 5.25. The van der Waals surface area contributed by atoms with Crippen LogP contribution in [0.5, 0.6) is 0 Å². The summed E-state index contributed by atoms with van der Waals surface area (Å²) in [7, 11) is -2.55. The Hall–Kier alpha value is -1.67. The van der Waals surface area contributed by atoms with Crippen molar-refractivity contribution in [1.29, 1.82) is 0 Å². The summed E-state index contributed by atoms with van der Waals surface area (Å²) in [5.41, 5.74) is -0.600. The highest BCUT2D eigenvalue weighted by molar-refractivity contribution is 7.89. The van der Waals surface area contributed by atoms with Crippen LogP contribution in [0.25, 0.3) is 0 Å². The van der Waals surface area contributed by atoms with Crippen molar-refractivity contribution in [2.24, 2.45) is 0 Å². The monoisotopic (exact) mass is 287 g/mol. The second kappa shape index (κ2) is 6.48. The number of rotatable bonds is 6. The van der Waals surface area contributed by atoms with Crippen LogP contribution < -0.4 is 10.7 Å². The summed E-state index contributed by atoms with van der Waals surface area (Å²) in [5.74, 6) is -0.426. The Labute approximate surface area is 111 Å². The van der Waals surface area contributed by atoms with Gasteiger partial charge in [0.1, 0.15) is 4.90 Å². The summed E-state index contributed by atoms with van der Waals surface area (Å²) in [4.78, 5) is 25.2. The molecule has 0 aliphatic heterocycles. The molecule has 0 radical (unpaired) electrons. The molecule has 106 valence electrons. The summed E-state index contributed by atoms with van der Waals surface area (Å²) in [6, 6.07) is 1.14. The summed E-state index contributed by atoms with van der Waals surface area (Å²) in [5, 5.41) is 2.36. The highest BCUT2D eigenvalue weighted by Crippen LogP contribution is 2.10. The van der Waals surface area contributed by atoms with E-state index < -0.39 is 21.4 Å². The summed E-state index contributed by atoms with van der Waals surface area (Å²) in [6.45, 7) is 1.66. The minimum absolute atomic E-state index is 0.171. The van der Waals surface area contributed by atoms with Crippen LogP contribution in [-0.4, -0.2) is 43.8 Å². The molecule has 0 saturated carbocycles. The predicted octanol–water partition coefficient (Wildman–Crippen LogP) is -0.478. The first-order valence-electron chi connectivity index (χ1n) is 5.81. The van der Waals surface area contributed by atoms with Crippen molar-refractivity contribution in [1.82, 2.24) is 14.6 Å². The van der Waals surface area contributed by atoms with Gasteiger partial charge in [0, 0.05) is 32.1 Å². The lowest BCUT2D eigenvalue weighted by Crippen LogP contribution is -2.41. The van der Waals surface area contributed by atoms with E-state index in [0.717, 1.165) is 16.6 Å². The number of amides is 1. The largest absolute Gasteiger partial charge is 0.366 e. The van der Waals surface area contributed by atoms with Crippen LogP contribution in [0.2, 0.25) is 0 Å². The van der Waals surface area contributed by atoms with Crippen molar-refractivity contribution < 1.29 is 13.2 Å². The van der Waals surface area contributed by atoms with Crippen molar-refractivity contribution in [3.63, 3.8) is 0 Å². The number of aromatic amines is 1. The molecular formula is C11H17N3O4S. The lowest BCUT2D eigenvalue weighted by Gasteiger charge is -2.20. The van der Waals surface area contributed by atoms with Crippen LogP contribution in [0.1, 0.15) is 13.3 Å². The van der Waals surface area contributed by atoms with E-state index in [2.05, 4.69) is 10.3 Å². The molecule has 1 aromatic rings. The van der Waals surface area contributed by atoms with Crippen LogP contribution >= 0.6 is 0 Å². The van der Waals surface area contributed by atoms with Gasteiger partial charge in [0.25, 0.3) is 0 Å². The van der Waals surface area contributed by atoms with Crippen molar-refractivity contribution in [3.8, 4) is 0 Å². The fraction of sp³-hybridized carbons (Fsp3) is 0.455. The third-order valence-electron chi connectivity index (χ3n) is 2.48. The third-order valence-corrected chi connectivity index (χ3v) is 4.34. The van der Waals surface area contributed by atoms with Gasteiger partial charge in [0.05, 0.1) is 6.54 Å². The molecule has 0 aromatic carbocycles. The molecule has 0 aliphatic rings. The zero-order valence-corrected chi connectivity index (χ0v) is 11.7. The van der Waals surface area contributed by atoms with Gasteiger partial charge in [-0.05, 0) is 6.42 Å². The van der Waals surface area contributed by atoms with E-state index in [1.165, 1.54) is 13.2 Å². The van der Waals surface area contributed by atoms with Crippen molar-refractivity contribution in [2.75, 3.05) is 20.1 Å². The molecule has 1 aromatic heterocycles. The molecule has 0 saturated heterocycles. The molecule has 19 heavy (non-hydrogen) atoms. The molecule has 1 amide bonds. The second-order valence-electron chi connectivity index (χ2n) is 3.88. The average Bonchev–Trinajstić information content (AvgIpc) is 2.38. The molecule has 0 atom stereocenters. The lowest BCUT2D eigenvalue weighted by atomic mass is 10.4. The quantitative estimate of drug-likeness (QED) is 0.738. The van der Waals surface area contributed by atoms with Crippen molar-refractivity contribution in [3.05, 3.63) is 28.7 Å². The first-order chi connectivity index (χ1) is 8.93. The van der Waals surface area contributed by atoms with Gasteiger partial charge in [-0.1, -0.05) is 6.92 Å². The SMILES string of the molecule is CCCN(CC(=O)NC)S(=O)(=O)c1c[nH]ccc1=O. The summed E-state index contributed by atoms with van der Waals surface area (Å²) in [6.07, 6.45) is 3.02. The zero-order valence-electron chi connectivity index (χ0n) is 10.8. The number of hydrogen-bond acceptors (Lipinski definition) is 4. The molecular weight excluding hydrogens is 270 g/mol. The van der Waals surface area contributed by atoms with E-state index in [1.807, 2.05) is 0 Å². The Bertz CT molecular complexity index is 594. The number of nitrogens with zero attached hydrogens (tertiary/aromatic N) is 1. The standard InChI is InChI=1S/C11H17N3O4S/c1-3-6-14(8-11(16)12-2)19(17,18)10-7-13-5-4-9(10)15/h4-5,7H,3,6,8H2,1-2H3,(H,12,16)(H,13,15). The molecule has 7 nitrogen and oxygen atoms in total. The second-order valence-corrected chi connectivity index (χ2v) is 5.79. The molecule has 1 heterocycles.